The molecule has 146 valence electrons. The number of nitrogens with zero attached hydrogens (tertiary/aromatic N) is 3. The lowest BCUT2D eigenvalue weighted by atomic mass is 9.58. The quantitative estimate of drug-likeness (QED) is 0.819. The van der Waals surface area contributed by atoms with Crippen molar-refractivity contribution in [1.29, 1.82) is 5.26 Å². The Labute approximate surface area is 159 Å². The molecule has 5 nitrogen and oxygen atoms in total. The van der Waals surface area contributed by atoms with Gasteiger partial charge in [-0.1, -0.05) is 13.8 Å². The van der Waals surface area contributed by atoms with E-state index in [-0.39, 0.29) is 23.0 Å². The van der Waals surface area contributed by atoms with Crippen LogP contribution in [0.25, 0.3) is 0 Å². The number of nitriles is 1. The van der Waals surface area contributed by atoms with Gasteiger partial charge in [-0.15, -0.1) is 0 Å². The second kappa shape index (κ2) is 7.48. The minimum atomic E-state index is -0.220. The molecule has 1 amide bonds. The van der Waals surface area contributed by atoms with E-state index in [0.29, 0.717) is 12.5 Å². The number of nitrogens with one attached hydrogen (secondary N) is 1. The van der Waals surface area contributed by atoms with Crippen LogP contribution in [0.15, 0.2) is 0 Å². The molecule has 2 bridgehead atoms. The lowest BCUT2D eigenvalue weighted by molar-refractivity contribution is -0.131. The maximum Gasteiger partial charge on any atom is 0.237 e. The first kappa shape index (κ1) is 19.6. The Balaban J connectivity index is 1.71. The van der Waals surface area contributed by atoms with Crippen molar-refractivity contribution in [2.75, 3.05) is 26.7 Å². The molecule has 0 aromatic carbocycles. The molecule has 1 heterocycles. The maximum absolute atomic E-state index is 12.7. The number of likely N-dealkylation sites (tertiary alicyclic amines) is 1. The summed E-state index contributed by atoms with van der Waals surface area (Å²) < 4.78 is 0. The summed E-state index contributed by atoms with van der Waals surface area (Å²) >= 11 is 0. The summed E-state index contributed by atoms with van der Waals surface area (Å²) in [6, 6.07) is 2.07. The zero-order chi connectivity index (χ0) is 18.9. The van der Waals surface area contributed by atoms with E-state index in [1.54, 1.807) is 4.90 Å². The van der Waals surface area contributed by atoms with Crippen LogP contribution >= 0.6 is 0 Å². The Morgan fingerprint density at radius 1 is 1.38 bits per heavy atom. The van der Waals surface area contributed by atoms with Crippen molar-refractivity contribution >= 4 is 5.91 Å². The summed E-state index contributed by atoms with van der Waals surface area (Å²) in [5.41, 5.74) is 0.271. The van der Waals surface area contributed by atoms with Gasteiger partial charge in [0.1, 0.15) is 6.04 Å². The Morgan fingerprint density at radius 3 is 2.85 bits per heavy atom. The third-order valence-corrected chi connectivity index (χ3v) is 7.33. The van der Waals surface area contributed by atoms with Gasteiger partial charge in [-0.2, -0.15) is 5.26 Å². The molecule has 3 rings (SSSR count). The van der Waals surface area contributed by atoms with E-state index in [0.717, 1.165) is 44.7 Å². The van der Waals surface area contributed by atoms with Crippen LogP contribution in [0.1, 0.15) is 65.7 Å². The normalized spacial score (nSPS) is 39.8. The average Bonchev–Trinajstić information content (AvgIpc) is 3.06. The Kier molecular flexibility index (Phi) is 5.65. The predicted octanol–water partition coefficient (Wildman–Crippen LogP) is 2.77. The lowest BCUT2D eigenvalue weighted by Crippen LogP contribution is -2.63. The van der Waals surface area contributed by atoms with Crippen LogP contribution in [-0.2, 0) is 4.79 Å². The topological polar surface area (TPSA) is 59.4 Å². The van der Waals surface area contributed by atoms with Gasteiger partial charge in [-0.3, -0.25) is 4.79 Å². The molecule has 0 aromatic heterocycles. The van der Waals surface area contributed by atoms with Crippen LogP contribution in [0.2, 0.25) is 0 Å². The summed E-state index contributed by atoms with van der Waals surface area (Å²) in [5, 5.41) is 13.0. The van der Waals surface area contributed by atoms with Gasteiger partial charge in [-0.05, 0) is 77.3 Å². The molecule has 0 aromatic rings. The smallest absolute Gasteiger partial charge is 0.237 e. The standard InChI is InChI=1S/C21H36N4O/c1-5-24(4)20(3)11-17-9-16(2)10-21(12-17,15-20)23-14-19(26)25-8-6-7-18(25)13-22/h16-18,23H,5-12,14-15H2,1-4H3. The van der Waals surface area contributed by atoms with Crippen LogP contribution in [0.3, 0.4) is 0 Å². The minimum absolute atomic E-state index is 0.0658. The van der Waals surface area contributed by atoms with E-state index in [4.69, 9.17) is 0 Å². The fourth-order valence-corrected chi connectivity index (χ4v) is 6.20. The van der Waals surface area contributed by atoms with Crippen molar-refractivity contribution in [2.45, 2.75) is 82.8 Å². The van der Waals surface area contributed by atoms with E-state index in [1.807, 2.05) is 0 Å². The molecule has 2 aliphatic carbocycles. The fourth-order valence-electron chi connectivity index (χ4n) is 6.20. The SMILES string of the molecule is CCN(C)C1(C)CC2CC(C)CC(NCC(=O)N3CCCC3C#N)(C2)C1. The molecule has 2 saturated carbocycles. The summed E-state index contributed by atoms with van der Waals surface area (Å²) in [6.45, 7) is 9.18. The molecule has 26 heavy (non-hydrogen) atoms. The molecule has 1 saturated heterocycles. The highest BCUT2D eigenvalue weighted by molar-refractivity contribution is 5.79. The number of carbonyl (C=O) groups is 1. The molecule has 0 radical (unpaired) electrons. The third kappa shape index (κ3) is 3.77. The van der Waals surface area contributed by atoms with Gasteiger partial charge in [0.05, 0.1) is 12.6 Å². The van der Waals surface area contributed by atoms with Crippen molar-refractivity contribution in [1.82, 2.24) is 15.1 Å². The van der Waals surface area contributed by atoms with Crippen molar-refractivity contribution in [2.24, 2.45) is 11.8 Å². The summed E-state index contributed by atoms with van der Waals surface area (Å²) in [7, 11) is 2.24. The first-order chi connectivity index (χ1) is 12.3. The van der Waals surface area contributed by atoms with E-state index in [9.17, 15) is 10.1 Å². The Hall–Kier alpha value is -1.12. The van der Waals surface area contributed by atoms with Crippen LogP contribution in [-0.4, -0.2) is 59.5 Å². The van der Waals surface area contributed by atoms with Gasteiger partial charge < -0.3 is 15.1 Å². The van der Waals surface area contributed by atoms with Crippen molar-refractivity contribution < 1.29 is 4.79 Å². The highest BCUT2D eigenvalue weighted by Gasteiger charge is 2.50. The number of carbonyl (C=O) groups excluding carboxylic acids is 1. The second-order valence-corrected chi connectivity index (χ2v) is 9.52. The molecule has 0 spiro atoms. The van der Waals surface area contributed by atoms with Gasteiger partial charge in [0.2, 0.25) is 5.91 Å². The molecule has 3 aliphatic rings. The Bertz CT molecular complexity index is 569. The molecule has 3 fully saturated rings. The largest absolute Gasteiger partial charge is 0.326 e. The summed E-state index contributed by atoms with van der Waals surface area (Å²) in [6.07, 6.45) is 7.82. The van der Waals surface area contributed by atoms with Crippen LogP contribution < -0.4 is 5.32 Å². The first-order valence-corrected chi connectivity index (χ1v) is 10.5. The maximum atomic E-state index is 12.7. The molecule has 5 unspecified atom stereocenters. The minimum Gasteiger partial charge on any atom is -0.326 e. The van der Waals surface area contributed by atoms with Gasteiger partial charge in [0.15, 0.2) is 0 Å². The van der Waals surface area contributed by atoms with Crippen LogP contribution in [0.5, 0.6) is 0 Å². The van der Waals surface area contributed by atoms with Gasteiger partial charge in [0, 0.05) is 17.6 Å². The monoisotopic (exact) mass is 360 g/mol. The second-order valence-electron chi connectivity index (χ2n) is 9.52. The molecular weight excluding hydrogens is 324 g/mol. The highest BCUT2D eigenvalue weighted by atomic mass is 16.2. The zero-order valence-corrected chi connectivity index (χ0v) is 17.1. The molecule has 1 N–H and O–H groups in total. The average molecular weight is 361 g/mol. The summed E-state index contributed by atoms with van der Waals surface area (Å²) in [4.78, 5) is 17.0. The van der Waals surface area contributed by atoms with Crippen molar-refractivity contribution in [3.05, 3.63) is 0 Å². The fraction of sp³-hybridized carbons (Fsp3) is 0.905. The van der Waals surface area contributed by atoms with Gasteiger partial charge in [-0.25, -0.2) is 0 Å². The third-order valence-electron chi connectivity index (χ3n) is 7.33. The summed E-state index contributed by atoms with van der Waals surface area (Å²) in [5.74, 6) is 1.56. The van der Waals surface area contributed by atoms with E-state index in [1.165, 1.54) is 19.3 Å². The van der Waals surface area contributed by atoms with Crippen LogP contribution in [0, 0.1) is 23.2 Å². The number of rotatable bonds is 5. The van der Waals surface area contributed by atoms with Gasteiger partial charge in [0.25, 0.3) is 0 Å². The number of hydrogen-bond acceptors (Lipinski definition) is 4. The number of fused-ring (bicyclic) bond motifs is 2. The lowest BCUT2D eigenvalue weighted by Gasteiger charge is -2.57. The van der Waals surface area contributed by atoms with Crippen LogP contribution in [0.4, 0.5) is 0 Å². The number of amides is 1. The molecule has 5 heteroatoms. The number of hydrogen-bond donors (Lipinski definition) is 1. The van der Waals surface area contributed by atoms with Crippen molar-refractivity contribution in [3.63, 3.8) is 0 Å². The van der Waals surface area contributed by atoms with E-state index < -0.39 is 0 Å². The highest BCUT2D eigenvalue weighted by Crippen LogP contribution is 2.50. The van der Waals surface area contributed by atoms with E-state index in [2.05, 4.69) is 44.1 Å². The molecule has 5 atom stereocenters. The zero-order valence-electron chi connectivity index (χ0n) is 17.1. The van der Waals surface area contributed by atoms with Gasteiger partial charge >= 0.3 is 0 Å². The van der Waals surface area contributed by atoms with Crippen molar-refractivity contribution in [3.8, 4) is 6.07 Å². The molecular formula is C21H36N4O. The van der Waals surface area contributed by atoms with E-state index >= 15 is 0 Å². The molecule has 1 aliphatic heterocycles. The predicted molar refractivity (Wildman–Crippen MR) is 104 cm³/mol. The Morgan fingerprint density at radius 2 is 2.15 bits per heavy atom. The first-order valence-electron chi connectivity index (χ1n) is 10.5.